The highest BCUT2D eigenvalue weighted by Crippen LogP contribution is 2.19. The Morgan fingerprint density at radius 3 is 2.63 bits per heavy atom. The Bertz CT molecular complexity index is 582. The fraction of sp³-hybridized carbons (Fsp3) is 0.267. The van der Waals surface area contributed by atoms with Crippen molar-refractivity contribution in [2.24, 2.45) is 0 Å². The predicted octanol–water partition coefficient (Wildman–Crippen LogP) is 2.90. The van der Waals surface area contributed by atoms with Crippen LogP contribution in [0.3, 0.4) is 0 Å². The van der Waals surface area contributed by atoms with Gasteiger partial charge in [0.2, 0.25) is 0 Å². The van der Waals surface area contributed by atoms with Crippen LogP contribution in [-0.2, 0) is 6.54 Å². The first-order valence-corrected chi connectivity index (χ1v) is 6.20. The molecule has 0 saturated carbocycles. The molecule has 1 heterocycles. The zero-order chi connectivity index (χ0) is 13.8. The van der Waals surface area contributed by atoms with Gasteiger partial charge in [-0.05, 0) is 43.2 Å². The number of pyridine rings is 1. The standard InChI is InChI=1S/C15H19N3O/c1-10-8-12(4-6-14(10)19-3)9-17-15-7-5-13(16)11(2)18-15/h4-8H,9,16H2,1-3H3,(H,17,18). The molecule has 0 radical (unpaired) electrons. The van der Waals surface area contributed by atoms with Gasteiger partial charge in [0, 0.05) is 6.54 Å². The Morgan fingerprint density at radius 2 is 2.00 bits per heavy atom. The van der Waals surface area contributed by atoms with Gasteiger partial charge in [0.15, 0.2) is 0 Å². The van der Waals surface area contributed by atoms with Crippen LogP contribution in [0.15, 0.2) is 30.3 Å². The molecule has 4 heteroatoms. The average Bonchev–Trinajstić information content (AvgIpc) is 2.40. The van der Waals surface area contributed by atoms with Crippen LogP contribution < -0.4 is 15.8 Å². The molecule has 0 bridgehead atoms. The number of ether oxygens (including phenoxy) is 1. The number of hydrogen-bond acceptors (Lipinski definition) is 4. The van der Waals surface area contributed by atoms with E-state index in [1.165, 1.54) is 5.56 Å². The van der Waals surface area contributed by atoms with Crippen molar-refractivity contribution in [2.75, 3.05) is 18.2 Å². The van der Waals surface area contributed by atoms with Gasteiger partial charge in [-0.25, -0.2) is 4.98 Å². The summed E-state index contributed by atoms with van der Waals surface area (Å²) < 4.78 is 5.24. The molecule has 0 fully saturated rings. The Labute approximate surface area is 113 Å². The summed E-state index contributed by atoms with van der Waals surface area (Å²) in [7, 11) is 1.68. The van der Waals surface area contributed by atoms with Crippen LogP contribution in [0.25, 0.3) is 0 Å². The lowest BCUT2D eigenvalue weighted by atomic mass is 10.1. The molecule has 19 heavy (non-hydrogen) atoms. The van der Waals surface area contributed by atoms with E-state index in [0.29, 0.717) is 5.69 Å². The molecule has 0 amide bonds. The fourth-order valence-electron chi connectivity index (χ4n) is 1.91. The van der Waals surface area contributed by atoms with E-state index in [1.54, 1.807) is 7.11 Å². The van der Waals surface area contributed by atoms with E-state index < -0.39 is 0 Å². The minimum atomic E-state index is 0.714. The number of benzene rings is 1. The second-order valence-electron chi connectivity index (χ2n) is 4.53. The molecule has 2 aromatic rings. The van der Waals surface area contributed by atoms with Gasteiger partial charge < -0.3 is 15.8 Å². The topological polar surface area (TPSA) is 60.2 Å². The maximum absolute atomic E-state index is 5.74. The third-order valence-corrected chi connectivity index (χ3v) is 3.06. The summed E-state index contributed by atoms with van der Waals surface area (Å²) in [4.78, 5) is 4.38. The van der Waals surface area contributed by atoms with Crippen LogP contribution in [-0.4, -0.2) is 12.1 Å². The van der Waals surface area contributed by atoms with Crippen LogP contribution in [0, 0.1) is 13.8 Å². The van der Waals surface area contributed by atoms with Gasteiger partial charge in [0.05, 0.1) is 18.5 Å². The lowest BCUT2D eigenvalue weighted by molar-refractivity contribution is 0.411. The molecule has 0 saturated heterocycles. The van der Waals surface area contributed by atoms with Crippen molar-refractivity contribution < 1.29 is 4.74 Å². The first-order chi connectivity index (χ1) is 9.10. The zero-order valence-electron chi connectivity index (χ0n) is 11.5. The molecule has 0 spiro atoms. The minimum absolute atomic E-state index is 0.714. The molecule has 3 N–H and O–H groups in total. The Balaban J connectivity index is 2.05. The van der Waals surface area contributed by atoms with E-state index in [2.05, 4.69) is 16.4 Å². The van der Waals surface area contributed by atoms with E-state index in [9.17, 15) is 0 Å². The highest BCUT2D eigenvalue weighted by molar-refractivity contribution is 5.49. The van der Waals surface area contributed by atoms with Crippen molar-refractivity contribution in [1.29, 1.82) is 0 Å². The average molecular weight is 257 g/mol. The molecule has 1 aromatic carbocycles. The molecular formula is C15H19N3O. The molecule has 0 unspecified atom stereocenters. The number of nitrogen functional groups attached to an aromatic ring is 1. The van der Waals surface area contributed by atoms with E-state index in [1.807, 2.05) is 38.1 Å². The first-order valence-electron chi connectivity index (χ1n) is 6.20. The number of methoxy groups -OCH3 is 1. The maximum atomic E-state index is 5.74. The zero-order valence-corrected chi connectivity index (χ0v) is 11.5. The van der Waals surface area contributed by atoms with Crippen LogP contribution in [0.5, 0.6) is 5.75 Å². The minimum Gasteiger partial charge on any atom is -0.496 e. The van der Waals surface area contributed by atoms with Crippen molar-refractivity contribution in [3.63, 3.8) is 0 Å². The second-order valence-corrected chi connectivity index (χ2v) is 4.53. The van der Waals surface area contributed by atoms with E-state index in [4.69, 9.17) is 10.5 Å². The Hall–Kier alpha value is -2.23. The van der Waals surface area contributed by atoms with Crippen molar-refractivity contribution in [3.05, 3.63) is 47.2 Å². The summed E-state index contributed by atoms with van der Waals surface area (Å²) in [5.74, 6) is 1.74. The molecule has 2 rings (SSSR count). The number of aromatic nitrogens is 1. The molecular weight excluding hydrogens is 238 g/mol. The van der Waals surface area contributed by atoms with Crippen molar-refractivity contribution in [3.8, 4) is 5.75 Å². The number of hydrogen-bond donors (Lipinski definition) is 2. The number of nitrogens with two attached hydrogens (primary N) is 1. The number of nitrogens with zero attached hydrogens (tertiary/aromatic N) is 1. The molecule has 0 atom stereocenters. The summed E-state index contributed by atoms with van der Waals surface area (Å²) in [6.45, 7) is 4.66. The molecule has 100 valence electrons. The number of rotatable bonds is 4. The molecule has 0 aliphatic carbocycles. The Morgan fingerprint density at radius 1 is 1.21 bits per heavy atom. The van der Waals surface area contributed by atoms with Crippen LogP contribution in [0.2, 0.25) is 0 Å². The van der Waals surface area contributed by atoms with Gasteiger partial charge in [0.25, 0.3) is 0 Å². The van der Waals surface area contributed by atoms with Gasteiger partial charge in [-0.15, -0.1) is 0 Å². The molecule has 0 aliphatic heterocycles. The van der Waals surface area contributed by atoms with Gasteiger partial charge in [0.1, 0.15) is 11.6 Å². The van der Waals surface area contributed by atoms with Crippen molar-refractivity contribution in [2.45, 2.75) is 20.4 Å². The van der Waals surface area contributed by atoms with Gasteiger partial charge >= 0.3 is 0 Å². The third-order valence-electron chi connectivity index (χ3n) is 3.06. The normalized spacial score (nSPS) is 10.3. The largest absolute Gasteiger partial charge is 0.496 e. The predicted molar refractivity (Wildman–Crippen MR) is 78.4 cm³/mol. The monoisotopic (exact) mass is 257 g/mol. The molecule has 1 aromatic heterocycles. The fourth-order valence-corrected chi connectivity index (χ4v) is 1.91. The quantitative estimate of drug-likeness (QED) is 0.884. The van der Waals surface area contributed by atoms with E-state index in [0.717, 1.165) is 29.4 Å². The summed E-state index contributed by atoms with van der Waals surface area (Å²) >= 11 is 0. The van der Waals surface area contributed by atoms with E-state index in [-0.39, 0.29) is 0 Å². The van der Waals surface area contributed by atoms with Crippen molar-refractivity contribution in [1.82, 2.24) is 4.98 Å². The first kappa shape index (κ1) is 13.2. The van der Waals surface area contributed by atoms with Gasteiger partial charge in [-0.1, -0.05) is 12.1 Å². The lowest BCUT2D eigenvalue weighted by Gasteiger charge is -2.10. The smallest absolute Gasteiger partial charge is 0.126 e. The molecule has 0 aliphatic rings. The Kier molecular flexibility index (Phi) is 3.90. The van der Waals surface area contributed by atoms with Crippen LogP contribution >= 0.6 is 0 Å². The summed E-state index contributed by atoms with van der Waals surface area (Å²) in [6.07, 6.45) is 0. The summed E-state index contributed by atoms with van der Waals surface area (Å²) in [6, 6.07) is 9.88. The number of anilines is 2. The highest BCUT2D eigenvalue weighted by atomic mass is 16.5. The molecule has 4 nitrogen and oxygen atoms in total. The number of aryl methyl sites for hydroxylation is 2. The summed E-state index contributed by atoms with van der Waals surface area (Å²) in [5.41, 5.74) is 9.62. The van der Waals surface area contributed by atoms with Crippen LogP contribution in [0.1, 0.15) is 16.8 Å². The number of nitrogens with one attached hydrogen (secondary N) is 1. The summed E-state index contributed by atoms with van der Waals surface area (Å²) in [5, 5.41) is 3.29. The SMILES string of the molecule is COc1ccc(CNc2ccc(N)c(C)n2)cc1C. The highest BCUT2D eigenvalue weighted by Gasteiger charge is 2.01. The lowest BCUT2D eigenvalue weighted by Crippen LogP contribution is -2.03. The maximum Gasteiger partial charge on any atom is 0.126 e. The van der Waals surface area contributed by atoms with Crippen molar-refractivity contribution >= 4 is 11.5 Å². The van der Waals surface area contributed by atoms with Gasteiger partial charge in [-0.3, -0.25) is 0 Å². The second kappa shape index (κ2) is 5.61. The van der Waals surface area contributed by atoms with Gasteiger partial charge in [-0.2, -0.15) is 0 Å². The van der Waals surface area contributed by atoms with Crippen LogP contribution in [0.4, 0.5) is 11.5 Å². The van der Waals surface area contributed by atoms with E-state index >= 15 is 0 Å². The third kappa shape index (κ3) is 3.16.